The van der Waals surface area contributed by atoms with Gasteiger partial charge in [0, 0.05) is 42.0 Å². The van der Waals surface area contributed by atoms with Crippen LogP contribution in [0.25, 0.3) is 0 Å². The van der Waals surface area contributed by atoms with Crippen LogP contribution in [0.3, 0.4) is 0 Å². The predicted molar refractivity (Wildman–Crippen MR) is 123 cm³/mol. The molecule has 4 rings (SSSR count). The van der Waals surface area contributed by atoms with Crippen LogP contribution in [0.5, 0.6) is 5.75 Å². The van der Waals surface area contributed by atoms with Gasteiger partial charge in [0.05, 0.1) is 18.4 Å². The Balaban J connectivity index is 0.000000301. The number of hydrogen-bond donors (Lipinski definition) is 2. The molecular weight excluding hydrogens is 546 g/mol. The first-order chi connectivity index (χ1) is 17.6. The number of ether oxygens (including phenoxy) is 2. The minimum atomic E-state index is -5.08. The van der Waals surface area contributed by atoms with Crippen molar-refractivity contribution in [3.8, 4) is 5.75 Å². The summed E-state index contributed by atoms with van der Waals surface area (Å²) in [6.07, 6.45) is -3.27. The van der Waals surface area contributed by atoms with Crippen LogP contribution in [0.1, 0.15) is 29.0 Å². The SMILES string of the molecule is Cc1ccc(CN2CCC3(CC2)CC(Oc2cccnc2)CO3)s1.O=C(O)C(F)(F)F.O=C(O)C(F)(F)F. The van der Waals surface area contributed by atoms with E-state index in [4.69, 9.17) is 29.3 Å². The van der Waals surface area contributed by atoms with Gasteiger partial charge in [0.2, 0.25) is 0 Å². The number of piperidine rings is 1. The number of rotatable bonds is 4. The van der Waals surface area contributed by atoms with Crippen LogP contribution < -0.4 is 4.74 Å². The molecule has 2 saturated heterocycles. The van der Waals surface area contributed by atoms with Crippen molar-refractivity contribution in [2.24, 2.45) is 0 Å². The highest BCUT2D eigenvalue weighted by Crippen LogP contribution is 2.37. The maximum absolute atomic E-state index is 10.6. The third-order valence-corrected chi connectivity index (χ3v) is 6.53. The van der Waals surface area contributed by atoms with Gasteiger partial charge in [-0.2, -0.15) is 26.3 Å². The van der Waals surface area contributed by atoms with E-state index in [2.05, 4.69) is 28.9 Å². The van der Waals surface area contributed by atoms with Crippen LogP contribution in [0.15, 0.2) is 36.7 Å². The molecule has 1 spiro atoms. The molecule has 1 atom stereocenters. The minimum absolute atomic E-state index is 0.0226. The zero-order valence-electron chi connectivity index (χ0n) is 20.1. The van der Waals surface area contributed by atoms with E-state index >= 15 is 0 Å². The molecule has 15 heteroatoms. The lowest BCUT2D eigenvalue weighted by Gasteiger charge is -2.38. The maximum Gasteiger partial charge on any atom is 0.490 e. The van der Waals surface area contributed by atoms with Gasteiger partial charge in [0.1, 0.15) is 11.9 Å². The average molecular weight is 573 g/mol. The maximum atomic E-state index is 10.6. The molecule has 2 aliphatic rings. The summed E-state index contributed by atoms with van der Waals surface area (Å²) >= 11 is 1.91. The molecule has 0 bridgehead atoms. The number of pyridine rings is 1. The highest BCUT2D eigenvalue weighted by atomic mass is 32.1. The van der Waals surface area contributed by atoms with Gasteiger partial charge in [-0.15, -0.1) is 11.3 Å². The summed E-state index contributed by atoms with van der Waals surface area (Å²) in [5, 5.41) is 14.2. The molecule has 0 saturated carbocycles. The van der Waals surface area contributed by atoms with Crippen LogP contribution in [0.2, 0.25) is 0 Å². The standard InChI is InChI=1S/C19H24N2O2S.2C2HF3O2/c1-15-4-5-18(24-15)13-21-9-6-19(7-10-21)11-17(14-22-19)23-16-3-2-8-20-12-16;2*3-2(4,5)1(6)7/h2-5,8,12,17H,6-7,9-11,13-14H2,1H3;2*(H,6,7). The fraction of sp³-hybridized carbons (Fsp3) is 0.522. The normalized spacial score (nSPS) is 19.1. The van der Waals surface area contributed by atoms with Gasteiger partial charge in [-0.25, -0.2) is 9.59 Å². The molecular formula is C23H26F6N2O6S. The first-order valence-electron chi connectivity index (χ1n) is 11.2. The summed E-state index contributed by atoms with van der Waals surface area (Å²) < 4.78 is 75.7. The van der Waals surface area contributed by atoms with Gasteiger partial charge in [-0.1, -0.05) is 0 Å². The number of carboxylic acids is 2. The number of likely N-dealkylation sites (tertiary alicyclic amines) is 1. The number of carbonyl (C=O) groups is 2. The summed E-state index contributed by atoms with van der Waals surface area (Å²) in [5.74, 6) is -4.67. The number of thiophene rings is 1. The summed E-state index contributed by atoms with van der Waals surface area (Å²) in [6.45, 7) is 6.16. The fourth-order valence-corrected chi connectivity index (χ4v) is 4.68. The summed E-state index contributed by atoms with van der Waals surface area (Å²) in [4.78, 5) is 27.3. The molecule has 2 fully saturated rings. The second-order valence-electron chi connectivity index (χ2n) is 8.52. The van der Waals surface area contributed by atoms with Crippen molar-refractivity contribution in [2.75, 3.05) is 19.7 Å². The van der Waals surface area contributed by atoms with Gasteiger partial charge >= 0.3 is 24.3 Å². The van der Waals surface area contributed by atoms with Gasteiger partial charge in [-0.3, -0.25) is 9.88 Å². The number of halogens is 6. The molecule has 2 N–H and O–H groups in total. The zero-order valence-corrected chi connectivity index (χ0v) is 20.9. The van der Waals surface area contributed by atoms with E-state index in [0.29, 0.717) is 6.61 Å². The highest BCUT2D eigenvalue weighted by molar-refractivity contribution is 7.11. The van der Waals surface area contributed by atoms with Crippen LogP contribution in [0, 0.1) is 6.92 Å². The molecule has 0 amide bonds. The molecule has 1 unspecified atom stereocenters. The lowest BCUT2D eigenvalue weighted by atomic mass is 9.88. The molecule has 212 valence electrons. The van der Waals surface area contributed by atoms with E-state index in [1.54, 1.807) is 12.4 Å². The Bertz CT molecular complexity index is 1020. The first kappa shape index (κ1) is 31.3. The quantitative estimate of drug-likeness (QED) is 0.497. The van der Waals surface area contributed by atoms with Crippen LogP contribution in [0.4, 0.5) is 26.3 Å². The summed E-state index contributed by atoms with van der Waals surface area (Å²) in [5.41, 5.74) is 0.0226. The van der Waals surface area contributed by atoms with E-state index in [0.717, 1.165) is 44.6 Å². The Morgan fingerprint density at radius 1 is 1.11 bits per heavy atom. The van der Waals surface area contributed by atoms with Crippen molar-refractivity contribution in [3.05, 3.63) is 46.4 Å². The van der Waals surface area contributed by atoms with E-state index in [-0.39, 0.29) is 11.7 Å². The molecule has 2 aromatic heterocycles. The second kappa shape index (κ2) is 13.2. The number of aliphatic carboxylic acids is 2. The predicted octanol–water partition coefficient (Wildman–Crippen LogP) is 4.92. The summed E-state index contributed by atoms with van der Waals surface area (Å²) in [6, 6.07) is 8.34. The van der Waals surface area contributed by atoms with Crippen molar-refractivity contribution in [2.45, 2.75) is 56.8 Å². The van der Waals surface area contributed by atoms with Gasteiger partial charge in [0.15, 0.2) is 0 Å². The van der Waals surface area contributed by atoms with Gasteiger partial charge < -0.3 is 19.7 Å². The number of nitrogens with zero attached hydrogens (tertiary/aromatic N) is 2. The van der Waals surface area contributed by atoms with Crippen LogP contribution in [-0.4, -0.2) is 75.8 Å². The van der Waals surface area contributed by atoms with Crippen molar-refractivity contribution >= 4 is 23.3 Å². The number of aryl methyl sites for hydroxylation is 1. The lowest BCUT2D eigenvalue weighted by molar-refractivity contribution is -0.193. The topological polar surface area (TPSA) is 109 Å². The fourth-order valence-electron chi connectivity index (χ4n) is 3.75. The Morgan fingerprint density at radius 2 is 1.68 bits per heavy atom. The molecule has 2 aliphatic heterocycles. The monoisotopic (exact) mass is 572 g/mol. The van der Waals surface area contributed by atoms with Gasteiger partial charge in [0.25, 0.3) is 0 Å². The Labute approximate surface area is 217 Å². The lowest BCUT2D eigenvalue weighted by Crippen LogP contribution is -2.43. The van der Waals surface area contributed by atoms with Crippen molar-refractivity contribution in [1.29, 1.82) is 0 Å². The van der Waals surface area contributed by atoms with E-state index in [1.807, 2.05) is 23.5 Å². The molecule has 2 aromatic rings. The molecule has 0 aliphatic carbocycles. The van der Waals surface area contributed by atoms with E-state index in [9.17, 15) is 26.3 Å². The van der Waals surface area contributed by atoms with Crippen LogP contribution in [-0.2, 0) is 20.9 Å². The molecule has 8 nitrogen and oxygen atoms in total. The van der Waals surface area contributed by atoms with Crippen LogP contribution >= 0.6 is 11.3 Å². The third-order valence-electron chi connectivity index (χ3n) is 5.54. The Hall–Kier alpha value is -2.91. The Kier molecular flexibility index (Phi) is 10.9. The smallest absolute Gasteiger partial charge is 0.486 e. The first-order valence-corrected chi connectivity index (χ1v) is 12.0. The summed E-state index contributed by atoms with van der Waals surface area (Å²) in [7, 11) is 0. The third kappa shape index (κ3) is 10.5. The van der Waals surface area contributed by atoms with Crippen molar-refractivity contribution < 1.29 is 55.6 Å². The molecule has 0 radical (unpaired) electrons. The average Bonchev–Trinajstić information content (AvgIpc) is 3.41. The zero-order chi connectivity index (χ0) is 28.6. The molecule has 38 heavy (non-hydrogen) atoms. The van der Waals surface area contributed by atoms with E-state index < -0.39 is 24.3 Å². The number of alkyl halides is 6. The largest absolute Gasteiger partial charge is 0.490 e. The Morgan fingerprint density at radius 3 is 2.13 bits per heavy atom. The van der Waals surface area contributed by atoms with Crippen molar-refractivity contribution in [3.63, 3.8) is 0 Å². The second-order valence-corrected chi connectivity index (χ2v) is 9.89. The van der Waals surface area contributed by atoms with Gasteiger partial charge in [-0.05, 0) is 44.0 Å². The highest BCUT2D eigenvalue weighted by Gasteiger charge is 2.43. The number of hydrogen-bond acceptors (Lipinski definition) is 7. The van der Waals surface area contributed by atoms with E-state index in [1.165, 1.54) is 9.75 Å². The number of aromatic nitrogens is 1. The minimum Gasteiger partial charge on any atom is -0.486 e. The number of carboxylic acid groups (broad SMARTS) is 2. The molecule has 0 aromatic carbocycles. The van der Waals surface area contributed by atoms with Crippen molar-refractivity contribution in [1.82, 2.24) is 9.88 Å². The molecule has 4 heterocycles.